The van der Waals surface area contributed by atoms with Gasteiger partial charge in [0, 0.05) is 25.2 Å². The summed E-state index contributed by atoms with van der Waals surface area (Å²) >= 11 is 0. The minimum atomic E-state index is -0.0905. The Hall–Kier alpha value is -2.49. The first-order valence-corrected chi connectivity index (χ1v) is 9.78. The molecule has 30 heavy (non-hydrogen) atoms. The molecule has 162 valence electrons. The number of nitrogens with one attached hydrogen (secondary N) is 3. The Morgan fingerprint density at radius 3 is 2.47 bits per heavy atom. The van der Waals surface area contributed by atoms with E-state index in [2.05, 4.69) is 20.9 Å². The number of aliphatic imine (C=N–C) groups is 1. The standard InChI is InChI=1S/C22H28N4O3.HI/c1-15(2)21(27)26-17-10-8-16(9-11-17)12-24-22(23-3)25-13-18-14-28-19-6-4-5-7-20(19)29-18;/h4-11,15,18H,12-14H2,1-3H3,(H,26,27)(H2,23,24,25);1H. The second-order valence-electron chi connectivity index (χ2n) is 7.15. The summed E-state index contributed by atoms with van der Waals surface area (Å²) in [6, 6.07) is 15.4. The van der Waals surface area contributed by atoms with Gasteiger partial charge in [0.1, 0.15) is 12.7 Å². The van der Waals surface area contributed by atoms with Crippen molar-refractivity contribution in [3.63, 3.8) is 0 Å². The molecule has 3 rings (SSSR count). The molecule has 0 bridgehead atoms. The van der Waals surface area contributed by atoms with E-state index < -0.39 is 0 Å². The third-order valence-corrected chi connectivity index (χ3v) is 4.49. The molecule has 0 fully saturated rings. The first-order valence-electron chi connectivity index (χ1n) is 9.78. The summed E-state index contributed by atoms with van der Waals surface area (Å²) in [7, 11) is 1.73. The quantitative estimate of drug-likeness (QED) is 0.307. The van der Waals surface area contributed by atoms with Crippen molar-refractivity contribution in [3.8, 4) is 11.5 Å². The average molecular weight is 524 g/mol. The van der Waals surface area contributed by atoms with E-state index in [-0.39, 0.29) is 41.9 Å². The first-order chi connectivity index (χ1) is 14.0. The molecule has 8 heteroatoms. The number of halogens is 1. The van der Waals surface area contributed by atoms with Crippen LogP contribution in [-0.4, -0.2) is 38.2 Å². The molecule has 2 aromatic rings. The van der Waals surface area contributed by atoms with E-state index in [0.717, 1.165) is 22.7 Å². The highest BCUT2D eigenvalue weighted by Gasteiger charge is 2.20. The van der Waals surface area contributed by atoms with Crippen molar-refractivity contribution in [2.45, 2.75) is 26.5 Å². The van der Waals surface area contributed by atoms with Gasteiger partial charge in [-0.3, -0.25) is 9.79 Å². The minimum absolute atomic E-state index is 0. The van der Waals surface area contributed by atoms with Gasteiger partial charge in [0.05, 0.1) is 6.54 Å². The van der Waals surface area contributed by atoms with Crippen molar-refractivity contribution in [1.29, 1.82) is 0 Å². The van der Waals surface area contributed by atoms with Crippen LogP contribution in [0.5, 0.6) is 11.5 Å². The van der Waals surface area contributed by atoms with E-state index in [0.29, 0.717) is 25.7 Å². The SMILES string of the molecule is CN=C(NCc1ccc(NC(=O)C(C)C)cc1)NCC1COc2ccccc2O1.I. The molecule has 0 saturated carbocycles. The van der Waals surface area contributed by atoms with Crippen molar-refractivity contribution >= 4 is 41.5 Å². The van der Waals surface area contributed by atoms with E-state index in [1.807, 2.05) is 62.4 Å². The zero-order valence-corrected chi connectivity index (χ0v) is 19.8. The molecule has 0 spiro atoms. The maximum Gasteiger partial charge on any atom is 0.226 e. The maximum absolute atomic E-state index is 11.8. The average Bonchev–Trinajstić information content (AvgIpc) is 2.74. The number of carbonyl (C=O) groups excluding carboxylic acids is 1. The fourth-order valence-electron chi connectivity index (χ4n) is 2.77. The van der Waals surface area contributed by atoms with E-state index in [4.69, 9.17) is 9.47 Å². The van der Waals surface area contributed by atoms with Crippen LogP contribution in [0.4, 0.5) is 5.69 Å². The van der Waals surface area contributed by atoms with Gasteiger partial charge in [0.15, 0.2) is 17.5 Å². The van der Waals surface area contributed by atoms with Crippen molar-refractivity contribution in [2.24, 2.45) is 10.9 Å². The van der Waals surface area contributed by atoms with Crippen LogP contribution < -0.4 is 25.4 Å². The molecule has 1 aliphatic rings. The lowest BCUT2D eigenvalue weighted by Gasteiger charge is -2.27. The lowest BCUT2D eigenvalue weighted by atomic mass is 10.1. The second kappa shape index (κ2) is 11.6. The molecule has 1 atom stereocenters. The Morgan fingerprint density at radius 1 is 1.10 bits per heavy atom. The molecule has 1 heterocycles. The molecule has 2 aromatic carbocycles. The largest absolute Gasteiger partial charge is 0.486 e. The Bertz CT molecular complexity index is 856. The maximum atomic E-state index is 11.8. The molecule has 0 radical (unpaired) electrons. The third kappa shape index (κ3) is 6.79. The van der Waals surface area contributed by atoms with Gasteiger partial charge in [-0.1, -0.05) is 38.1 Å². The number of fused-ring (bicyclic) bond motifs is 1. The van der Waals surface area contributed by atoms with Crippen molar-refractivity contribution in [1.82, 2.24) is 10.6 Å². The Morgan fingerprint density at radius 2 is 1.80 bits per heavy atom. The van der Waals surface area contributed by atoms with Crippen molar-refractivity contribution < 1.29 is 14.3 Å². The number of guanidine groups is 1. The number of amides is 1. The molecule has 3 N–H and O–H groups in total. The second-order valence-corrected chi connectivity index (χ2v) is 7.15. The van der Waals surface area contributed by atoms with Crippen LogP contribution in [0.15, 0.2) is 53.5 Å². The molecule has 0 saturated heterocycles. The molecule has 1 unspecified atom stereocenters. The highest BCUT2D eigenvalue weighted by Crippen LogP contribution is 2.30. The summed E-state index contributed by atoms with van der Waals surface area (Å²) in [6.07, 6.45) is -0.0905. The van der Waals surface area contributed by atoms with E-state index in [9.17, 15) is 4.79 Å². The van der Waals surface area contributed by atoms with Crippen LogP contribution in [-0.2, 0) is 11.3 Å². The first kappa shape index (κ1) is 23.8. The number of anilines is 1. The fourth-order valence-corrected chi connectivity index (χ4v) is 2.77. The predicted octanol–water partition coefficient (Wildman–Crippen LogP) is 3.40. The Kier molecular flexibility index (Phi) is 9.22. The zero-order chi connectivity index (χ0) is 20.6. The van der Waals surface area contributed by atoms with Crippen LogP contribution in [0, 0.1) is 5.92 Å². The van der Waals surface area contributed by atoms with Crippen LogP contribution in [0.25, 0.3) is 0 Å². The molecular formula is C22H29IN4O3. The number of ether oxygens (including phenoxy) is 2. The summed E-state index contributed by atoms with van der Waals surface area (Å²) < 4.78 is 11.7. The van der Waals surface area contributed by atoms with Gasteiger partial charge in [-0.15, -0.1) is 24.0 Å². The number of rotatable bonds is 6. The molecule has 0 aliphatic carbocycles. The Labute approximate surface area is 194 Å². The molecule has 1 aliphatic heterocycles. The van der Waals surface area contributed by atoms with E-state index in [1.54, 1.807) is 7.05 Å². The number of nitrogens with zero attached hydrogens (tertiary/aromatic N) is 1. The van der Waals surface area contributed by atoms with Crippen molar-refractivity contribution in [3.05, 3.63) is 54.1 Å². The number of hydrogen-bond donors (Lipinski definition) is 3. The number of hydrogen-bond acceptors (Lipinski definition) is 4. The fraction of sp³-hybridized carbons (Fsp3) is 0.364. The van der Waals surface area contributed by atoms with Crippen molar-refractivity contribution in [2.75, 3.05) is 25.5 Å². The normalized spacial score (nSPS) is 15.2. The number of carbonyl (C=O) groups is 1. The van der Waals surface area contributed by atoms with Gasteiger partial charge in [0.25, 0.3) is 0 Å². The molecule has 1 amide bonds. The number of para-hydroxylation sites is 2. The summed E-state index contributed by atoms with van der Waals surface area (Å²) in [5.74, 6) is 2.19. The van der Waals surface area contributed by atoms with Gasteiger partial charge in [-0.05, 0) is 29.8 Å². The summed E-state index contributed by atoms with van der Waals surface area (Å²) in [4.78, 5) is 16.0. The summed E-state index contributed by atoms with van der Waals surface area (Å²) in [5, 5.41) is 9.43. The summed E-state index contributed by atoms with van der Waals surface area (Å²) in [6.45, 7) is 5.42. The third-order valence-electron chi connectivity index (χ3n) is 4.49. The highest BCUT2D eigenvalue weighted by atomic mass is 127. The van der Waals surface area contributed by atoms with Crippen LogP contribution in [0.3, 0.4) is 0 Å². The van der Waals surface area contributed by atoms with Gasteiger partial charge in [-0.2, -0.15) is 0 Å². The lowest BCUT2D eigenvalue weighted by Crippen LogP contribution is -2.45. The Balaban J connectivity index is 0.00000320. The van der Waals surface area contributed by atoms with Gasteiger partial charge in [0.2, 0.25) is 5.91 Å². The molecule has 7 nitrogen and oxygen atoms in total. The molecule has 0 aromatic heterocycles. The van der Waals surface area contributed by atoms with Crippen LogP contribution >= 0.6 is 24.0 Å². The summed E-state index contributed by atoms with van der Waals surface area (Å²) in [5.41, 5.74) is 1.88. The molecular weight excluding hydrogens is 495 g/mol. The minimum Gasteiger partial charge on any atom is -0.486 e. The number of benzene rings is 2. The van der Waals surface area contributed by atoms with E-state index >= 15 is 0 Å². The van der Waals surface area contributed by atoms with Gasteiger partial charge in [-0.25, -0.2) is 0 Å². The highest BCUT2D eigenvalue weighted by molar-refractivity contribution is 14.0. The lowest BCUT2D eigenvalue weighted by molar-refractivity contribution is -0.118. The van der Waals surface area contributed by atoms with Gasteiger partial charge >= 0.3 is 0 Å². The van der Waals surface area contributed by atoms with E-state index in [1.165, 1.54) is 0 Å². The van der Waals surface area contributed by atoms with Gasteiger partial charge < -0.3 is 25.4 Å². The smallest absolute Gasteiger partial charge is 0.226 e. The topological polar surface area (TPSA) is 84.0 Å². The van der Waals surface area contributed by atoms with Crippen LogP contribution in [0.1, 0.15) is 19.4 Å². The zero-order valence-electron chi connectivity index (χ0n) is 17.5. The monoisotopic (exact) mass is 524 g/mol. The van der Waals surface area contributed by atoms with Crippen LogP contribution in [0.2, 0.25) is 0 Å². The predicted molar refractivity (Wildman–Crippen MR) is 130 cm³/mol.